The van der Waals surface area contributed by atoms with Gasteiger partial charge in [0.2, 0.25) is 5.91 Å². The van der Waals surface area contributed by atoms with E-state index >= 15 is 0 Å². The average Bonchev–Trinajstić information content (AvgIpc) is 2.46. The first-order chi connectivity index (χ1) is 9.59. The Hall–Kier alpha value is -2.09. The summed E-state index contributed by atoms with van der Waals surface area (Å²) < 4.78 is 0. The summed E-state index contributed by atoms with van der Waals surface area (Å²) in [6.07, 6.45) is 0. The van der Waals surface area contributed by atoms with Gasteiger partial charge in [0, 0.05) is 5.92 Å². The first-order valence-electron chi connectivity index (χ1n) is 7.00. The fraction of sp³-hybridized carbons (Fsp3) is 0.278. The summed E-state index contributed by atoms with van der Waals surface area (Å²) in [6.45, 7) is 5.90. The molecule has 20 heavy (non-hydrogen) atoms. The second-order valence-corrected chi connectivity index (χ2v) is 5.36. The molecule has 0 radical (unpaired) electrons. The molecule has 0 bridgehead atoms. The zero-order chi connectivity index (χ0) is 14.5. The molecule has 2 heteroatoms. The first-order valence-corrected chi connectivity index (χ1v) is 7.00. The highest BCUT2D eigenvalue weighted by Crippen LogP contribution is 2.25. The minimum Gasteiger partial charge on any atom is -0.345 e. The maximum Gasteiger partial charge on any atom is 0.223 e. The lowest BCUT2D eigenvalue weighted by atomic mass is 9.94. The summed E-state index contributed by atoms with van der Waals surface area (Å²) in [7, 11) is 0. The fourth-order valence-corrected chi connectivity index (χ4v) is 2.21. The molecule has 2 aromatic carbocycles. The molecule has 1 amide bonds. The number of hydrogen-bond acceptors (Lipinski definition) is 1. The average molecular weight is 267 g/mol. The van der Waals surface area contributed by atoms with E-state index in [9.17, 15) is 4.79 Å². The van der Waals surface area contributed by atoms with Crippen molar-refractivity contribution in [2.24, 2.45) is 5.92 Å². The van der Waals surface area contributed by atoms with Crippen molar-refractivity contribution >= 4 is 5.91 Å². The van der Waals surface area contributed by atoms with E-state index in [1.54, 1.807) is 0 Å². The zero-order valence-corrected chi connectivity index (χ0v) is 12.3. The second kappa shape index (κ2) is 6.38. The number of benzene rings is 2. The number of rotatable bonds is 4. The predicted octanol–water partition coefficient (Wildman–Crippen LogP) is 3.86. The lowest BCUT2D eigenvalue weighted by Crippen LogP contribution is -2.32. The normalized spacial score (nSPS) is 12.2. The van der Waals surface area contributed by atoms with Gasteiger partial charge >= 0.3 is 0 Å². The van der Waals surface area contributed by atoms with Gasteiger partial charge in [-0.25, -0.2) is 0 Å². The molecule has 0 aromatic heterocycles. The highest BCUT2D eigenvalue weighted by molar-refractivity contribution is 5.79. The molecule has 0 aliphatic heterocycles. The molecule has 1 N–H and O–H groups in total. The molecule has 0 saturated heterocycles. The predicted molar refractivity (Wildman–Crippen MR) is 82.4 cm³/mol. The molecule has 0 spiro atoms. The molecule has 0 unspecified atom stereocenters. The van der Waals surface area contributed by atoms with Crippen molar-refractivity contribution in [3.63, 3.8) is 0 Å². The van der Waals surface area contributed by atoms with E-state index < -0.39 is 0 Å². The number of carbonyl (C=O) groups is 1. The van der Waals surface area contributed by atoms with Crippen molar-refractivity contribution in [2.45, 2.75) is 26.8 Å². The van der Waals surface area contributed by atoms with E-state index in [4.69, 9.17) is 0 Å². The fourth-order valence-electron chi connectivity index (χ4n) is 2.21. The third-order valence-electron chi connectivity index (χ3n) is 3.44. The SMILES string of the molecule is Cc1ccccc1[C@@H](NC(=O)C(C)C)c1ccccc1. The van der Waals surface area contributed by atoms with E-state index in [1.165, 1.54) is 5.56 Å². The topological polar surface area (TPSA) is 29.1 Å². The third kappa shape index (κ3) is 3.27. The Morgan fingerprint density at radius 1 is 0.950 bits per heavy atom. The van der Waals surface area contributed by atoms with Crippen molar-refractivity contribution < 1.29 is 4.79 Å². The number of carbonyl (C=O) groups excluding carboxylic acids is 1. The van der Waals surface area contributed by atoms with Crippen molar-refractivity contribution in [1.29, 1.82) is 0 Å². The Morgan fingerprint density at radius 3 is 2.15 bits per heavy atom. The maximum absolute atomic E-state index is 12.1. The third-order valence-corrected chi connectivity index (χ3v) is 3.44. The Balaban J connectivity index is 2.40. The quantitative estimate of drug-likeness (QED) is 0.895. The summed E-state index contributed by atoms with van der Waals surface area (Å²) in [5.74, 6) is 0.0485. The summed E-state index contributed by atoms with van der Waals surface area (Å²) in [5.41, 5.74) is 3.44. The van der Waals surface area contributed by atoms with Crippen LogP contribution in [0.2, 0.25) is 0 Å². The van der Waals surface area contributed by atoms with Gasteiger partial charge in [-0.3, -0.25) is 4.79 Å². The van der Waals surface area contributed by atoms with Crippen molar-refractivity contribution in [3.8, 4) is 0 Å². The lowest BCUT2D eigenvalue weighted by Gasteiger charge is -2.22. The van der Waals surface area contributed by atoms with Crippen LogP contribution in [-0.4, -0.2) is 5.91 Å². The van der Waals surface area contributed by atoms with E-state index in [2.05, 4.69) is 36.5 Å². The van der Waals surface area contributed by atoms with Crippen LogP contribution in [0.15, 0.2) is 54.6 Å². The molecule has 0 saturated carbocycles. The first kappa shape index (κ1) is 14.3. The van der Waals surface area contributed by atoms with Crippen molar-refractivity contribution in [1.82, 2.24) is 5.32 Å². The standard InChI is InChI=1S/C18H21NO/c1-13(2)18(20)19-17(15-10-5-4-6-11-15)16-12-8-7-9-14(16)3/h4-13,17H,1-3H3,(H,19,20)/t17-/m0/s1. The number of amides is 1. The Morgan fingerprint density at radius 2 is 1.55 bits per heavy atom. The van der Waals surface area contributed by atoms with E-state index in [0.717, 1.165) is 11.1 Å². The second-order valence-electron chi connectivity index (χ2n) is 5.36. The molecule has 0 aliphatic carbocycles. The minimum atomic E-state index is -0.0905. The van der Waals surface area contributed by atoms with Crippen LogP contribution in [0.4, 0.5) is 0 Å². The lowest BCUT2D eigenvalue weighted by molar-refractivity contribution is -0.124. The molecule has 1 atom stereocenters. The van der Waals surface area contributed by atoms with Gasteiger partial charge in [-0.2, -0.15) is 0 Å². The monoisotopic (exact) mass is 267 g/mol. The molecule has 2 rings (SSSR count). The minimum absolute atomic E-state index is 0.0229. The molecular formula is C18H21NO. The van der Waals surface area contributed by atoms with Gasteiger partial charge in [-0.1, -0.05) is 68.4 Å². The van der Waals surface area contributed by atoms with Gasteiger partial charge in [0.05, 0.1) is 6.04 Å². The van der Waals surface area contributed by atoms with Gasteiger partial charge in [-0.15, -0.1) is 0 Å². The summed E-state index contributed by atoms with van der Waals surface area (Å²) in [5, 5.41) is 3.15. The maximum atomic E-state index is 12.1. The van der Waals surface area contributed by atoms with Gasteiger partial charge in [0.15, 0.2) is 0 Å². The summed E-state index contributed by atoms with van der Waals surface area (Å²) in [4.78, 5) is 12.1. The smallest absolute Gasteiger partial charge is 0.223 e. The Kier molecular flexibility index (Phi) is 4.57. The van der Waals surface area contributed by atoms with Crippen LogP contribution in [0.5, 0.6) is 0 Å². The molecule has 0 heterocycles. The number of hydrogen-bond donors (Lipinski definition) is 1. The van der Waals surface area contributed by atoms with Crippen LogP contribution in [0.1, 0.15) is 36.6 Å². The molecule has 0 aliphatic rings. The van der Waals surface area contributed by atoms with Crippen LogP contribution >= 0.6 is 0 Å². The highest BCUT2D eigenvalue weighted by atomic mass is 16.1. The van der Waals surface area contributed by atoms with E-state index in [0.29, 0.717) is 0 Å². The van der Waals surface area contributed by atoms with Crippen LogP contribution in [0, 0.1) is 12.8 Å². The van der Waals surface area contributed by atoms with E-state index in [1.807, 2.05) is 44.2 Å². The molecule has 2 aromatic rings. The molecule has 104 valence electrons. The van der Waals surface area contributed by atoms with Crippen molar-refractivity contribution in [2.75, 3.05) is 0 Å². The van der Waals surface area contributed by atoms with Crippen LogP contribution in [0.3, 0.4) is 0 Å². The van der Waals surface area contributed by atoms with Gasteiger partial charge in [0.1, 0.15) is 0 Å². The summed E-state index contributed by atoms with van der Waals surface area (Å²) in [6, 6.07) is 18.2. The molecule has 2 nitrogen and oxygen atoms in total. The zero-order valence-electron chi connectivity index (χ0n) is 12.3. The Bertz CT molecular complexity index is 575. The van der Waals surface area contributed by atoms with Crippen molar-refractivity contribution in [3.05, 3.63) is 71.3 Å². The van der Waals surface area contributed by atoms with Crippen LogP contribution < -0.4 is 5.32 Å². The highest BCUT2D eigenvalue weighted by Gasteiger charge is 2.19. The number of aryl methyl sites for hydroxylation is 1. The molecular weight excluding hydrogens is 246 g/mol. The Labute approximate surface area is 120 Å². The van der Waals surface area contributed by atoms with Crippen LogP contribution in [-0.2, 0) is 4.79 Å². The van der Waals surface area contributed by atoms with Gasteiger partial charge in [0.25, 0.3) is 0 Å². The van der Waals surface area contributed by atoms with Gasteiger partial charge < -0.3 is 5.32 Å². The summed E-state index contributed by atoms with van der Waals surface area (Å²) >= 11 is 0. The number of nitrogens with one attached hydrogen (secondary N) is 1. The molecule has 0 fully saturated rings. The van der Waals surface area contributed by atoms with E-state index in [-0.39, 0.29) is 17.9 Å². The van der Waals surface area contributed by atoms with Gasteiger partial charge in [-0.05, 0) is 23.6 Å². The van der Waals surface area contributed by atoms with Crippen LogP contribution in [0.25, 0.3) is 0 Å². The largest absolute Gasteiger partial charge is 0.345 e.